The van der Waals surface area contributed by atoms with Crippen LogP contribution in [0.5, 0.6) is 0 Å². The van der Waals surface area contributed by atoms with Gasteiger partial charge in [-0.1, -0.05) is 23.7 Å². The van der Waals surface area contributed by atoms with Gasteiger partial charge in [0.2, 0.25) is 0 Å². The summed E-state index contributed by atoms with van der Waals surface area (Å²) in [5, 5.41) is 13.4. The molecule has 0 aliphatic rings. The second-order valence-corrected chi connectivity index (χ2v) is 5.59. The van der Waals surface area contributed by atoms with E-state index in [-0.39, 0.29) is 12.2 Å². The molecule has 0 radical (unpaired) electrons. The Bertz CT molecular complexity index is 582. The monoisotopic (exact) mass is 354 g/mol. The molecule has 0 heterocycles. The minimum atomic E-state index is -0.653. The van der Waals surface area contributed by atoms with Gasteiger partial charge in [-0.25, -0.2) is 4.79 Å². The summed E-state index contributed by atoms with van der Waals surface area (Å²) in [5.74, 6) is -0.653. The van der Waals surface area contributed by atoms with E-state index in [1.54, 1.807) is 18.4 Å². The van der Waals surface area contributed by atoms with Crippen LogP contribution in [0.3, 0.4) is 0 Å². The minimum absolute atomic E-state index is 0.0389. The van der Waals surface area contributed by atoms with Crippen LogP contribution in [0.2, 0.25) is 5.02 Å². The lowest BCUT2D eigenvalue weighted by Crippen LogP contribution is -2.18. The van der Waals surface area contributed by atoms with Crippen molar-refractivity contribution in [1.29, 1.82) is 5.26 Å². The maximum absolute atomic E-state index is 12.0. The molecule has 124 valence electrons. The van der Waals surface area contributed by atoms with E-state index >= 15 is 0 Å². The van der Waals surface area contributed by atoms with Crippen LogP contribution < -0.4 is 5.32 Å². The number of ether oxygens (including phenoxy) is 2. The van der Waals surface area contributed by atoms with Gasteiger partial charge in [0.1, 0.15) is 12.7 Å². The van der Waals surface area contributed by atoms with Gasteiger partial charge in [0, 0.05) is 18.2 Å². The molecule has 7 heteroatoms. The van der Waals surface area contributed by atoms with E-state index in [9.17, 15) is 10.1 Å². The number of carbonyl (C=O) groups excluding carboxylic acids is 1. The Hall–Kier alpha value is -1.68. The largest absolute Gasteiger partial charge is 0.459 e. The van der Waals surface area contributed by atoms with Crippen molar-refractivity contribution < 1.29 is 14.3 Å². The van der Waals surface area contributed by atoms with Crippen molar-refractivity contribution in [3.8, 4) is 6.07 Å². The highest BCUT2D eigenvalue weighted by molar-refractivity contribution is 8.02. The van der Waals surface area contributed by atoms with Gasteiger partial charge in [-0.3, -0.25) is 0 Å². The highest BCUT2D eigenvalue weighted by Crippen LogP contribution is 2.16. The minimum Gasteiger partial charge on any atom is -0.459 e. The first-order chi connectivity index (χ1) is 11.1. The molecule has 1 N–H and O–H groups in total. The molecular formula is C16H19ClN2O3S. The van der Waals surface area contributed by atoms with Gasteiger partial charge in [-0.2, -0.15) is 5.26 Å². The predicted molar refractivity (Wildman–Crippen MR) is 91.9 cm³/mol. The van der Waals surface area contributed by atoms with Crippen molar-refractivity contribution in [2.45, 2.75) is 13.5 Å². The molecule has 0 bridgehead atoms. The molecule has 0 aliphatic carbocycles. The third-order valence-electron chi connectivity index (χ3n) is 2.78. The van der Waals surface area contributed by atoms with Gasteiger partial charge >= 0.3 is 5.97 Å². The van der Waals surface area contributed by atoms with Crippen molar-refractivity contribution in [3.63, 3.8) is 0 Å². The normalized spacial score (nSPS) is 11.4. The van der Waals surface area contributed by atoms with Gasteiger partial charge in [0.15, 0.2) is 5.57 Å². The fourth-order valence-corrected chi connectivity index (χ4v) is 2.32. The van der Waals surface area contributed by atoms with Crippen LogP contribution >= 0.6 is 23.4 Å². The lowest BCUT2D eigenvalue weighted by Gasteiger charge is -2.11. The van der Waals surface area contributed by atoms with Crippen molar-refractivity contribution in [2.75, 3.05) is 26.1 Å². The highest BCUT2D eigenvalue weighted by atomic mass is 35.5. The van der Waals surface area contributed by atoms with E-state index in [0.717, 1.165) is 5.56 Å². The van der Waals surface area contributed by atoms with E-state index in [1.165, 1.54) is 11.8 Å². The smallest absolute Gasteiger partial charge is 0.351 e. The first-order valence-corrected chi connectivity index (χ1v) is 8.64. The summed E-state index contributed by atoms with van der Waals surface area (Å²) in [7, 11) is 0. The number of nitrogens with zero attached hydrogens (tertiary/aromatic N) is 1. The Labute approximate surface area is 145 Å². The molecule has 0 amide bonds. The number of benzene rings is 1. The first kappa shape index (κ1) is 19.4. The Morgan fingerprint density at radius 1 is 1.35 bits per heavy atom. The molecular weight excluding hydrogens is 336 g/mol. The summed E-state index contributed by atoms with van der Waals surface area (Å²) < 4.78 is 10.1. The summed E-state index contributed by atoms with van der Waals surface area (Å²) in [6.45, 7) is 3.32. The van der Waals surface area contributed by atoms with Crippen LogP contribution in [-0.2, 0) is 20.8 Å². The quantitative estimate of drug-likeness (QED) is 0.318. The van der Waals surface area contributed by atoms with Crippen molar-refractivity contribution in [1.82, 2.24) is 5.32 Å². The number of carbonyl (C=O) groups is 1. The van der Waals surface area contributed by atoms with Crippen LogP contribution in [-0.4, -0.2) is 32.0 Å². The standard InChI is InChI=1S/C16H19ClN2O3S/c1-3-21-8-9-22-16(20)14(10-18)15(23-2)19-11-12-4-6-13(17)7-5-12/h4-7,19H,3,8-9,11H2,1-2H3/b15-14+. The predicted octanol–water partition coefficient (Wildman–Crippen LogP) is 3.11. The lowest BCUT2D eigenvalue weighted by atomic mass is 10.2. The summed E-state index contributed by atoms with van der Waals surface area (Å²) in [6.07, 6.45) is 1.79. The molecule has 0 saturated carbocycles. The first-order valence-electron chi connectivity index (χ1n) is 7.03. The molecule has 0 fully saturated rings. The zero-order chi connectivity index (χ0) is 17.1. The van der Waals surface area contributed by atoms with E-state index in [2.05, 4.69) is 5.32 Å². The highest BCUT2D eigenvalue weighted by Gasteiger charge is 2.16. The molecule has 1 rings (SSSR count). The van der Waals surface area contributed by atoms with Gasteiger partial charge in [0.05, 0.1) is 11.6 Å². The number of thioether (sulfide) groups is 1. The zero-order valence-corrected chi connectivity index (χ0v) is 14.7. The van der Waals surface area contributed by atoms with Gasteiger partial charge < -0.3 is 14.8 Å². The maximum atomic E-state index is 12.0. The topological polar surface area (TPSA) is 71.3 Å². The number of halogens is 1. The van der Waals surface area contributed by atoms with Crippen molar-refractivity contribution in [3.05, 3.63) is 45.5 Å². The second kappa shape index (κ2) is 10.9. The van der Waals surface area contributed by atoms with Crippen molar-refractivity contribution in [2.24, 2.45) is 0 Å². The molecule has 0 aliphatic heterocycles. The van der Waals surface area contributed by atoms with Gasteiger partial charge in [-0.15, -0.1) is 11.8 Å². The SMILES string of the molecule is CCOCCOC(=O)/C(C#N)=C(\NCc1ccc(Cl)cc1)SC. The third-order valence-corrected chi connectivity index (χ3v) is 3.79. The number of hydrogen-bond acceptors (Lipinski definition) is 6. The number of nitriles is 1. The Balaban J connectivity index is 2.68. The Morgan fingerprint density at radius 3 is 2.61 bits per heavy atom. The van der Waals surface area contributed by atoms with Crippen LogP contribution in [0.4, 0.5) is 0 Å². The number of esters is 1. The van der Waals surface area contributed by atoms with E-state index < -0.39 is 5.97 Å². The van der Waals surface area contributed by atoms with E-state index in [0.29, 0.717) is 29.8 Å². The number of rotatable bonds is 9. The average molecular weight is 355 g/mol. The molecule has 0 unspecified atom stereocenters. The van der Waals surface area contributed by atoms with Crippen LogP contribution in [0.25, 0.3) is 0 Å². The summed E-state index contributed by atoms with van der Waals surface area (Å²) in [5.41, 5.74) is 0.950. The van der Waals surface area contributed by atoms with Crippen LogP contribution in [0.15, 0.2) is 34.9 Å². The van der Waals surface area contributed by atoms with Gasteiger partial charge in [0.25, 0.3) is 0 Å². The third kappa shape index (κ3) is 6.95. The Morgan fingerprint density at radius 2 is 2.04 bits per heavy atom. The van der Waals surface area contributed by atoms with Crippen LogP contribution in [0.1, 0.15) is 12.5 Å². The average Bonchev–Trinajstić information content (AvgIpc) is 2.56. The lowest BCUT2D eigenvalue weighted by molar-refractivity contribution is -0.140. The van der Waals surface area contributed by atoms with E-state index in [1.807, 2.05) is 25.1 Å². The molecule has 0 saturated heterocycles. The molecule has 23 heavy (non-hydrogen) atoms. The second-order valence-electron chi connectivity index (χ2n) is 4.33. The number of nitrogens with one attached hydrogen (secondary N) is 1. The fraction of sp³-hybridized carbons (Fsp3) is 0.375. The number of hydrogen-bond donors (Lipinski definition) is 1. The zero-order valence-electron chi connectivity index (χ0n) is 13.1. The van der Waals surface area contributed by atoms with Crippen molar-refractivity contribution >= 4 is 29.3 Å². The molecule has 0 aromatic heterocycles. The van der Waals surface area contributed by atoms with Gasteiger partial charge in [-0.05, 0) is 30.9 Å². The Kier molecular flexibility index (Phi) is 9.22. The summed E-state index contributed by atoms with van der Waals surface area (Å²) in [6, 6.07) is 9.22. The van der Waals surface area contributed by atoms with Crippen LogP contribution in [0, 0.1) is 11.3 Å². The molecule has 1 aromatic carbocycles. The molecule has 1 aromatic rings. The molecule has 5 nitrogen and oxygen atoms in total. The summed E-state index contributed by atoms with van der Waals surface area (Å²) >= 11 is 7.12. The maximum Gasteiger partial charge on any atom is 0.351 e. The molecule has 0 spiro atoms. The molecule has 0 atom stereocenters. The summed E-state index contributed by atoms with van der Waals surface area (Å²) in [4.78, 5) is 12.0. The van der Waals surface area contributed by atoms with E-state index in [4.69, 9.17) is 21.1 Å². The fourth-order valence-electron chi connectivity index (χ4n) is 1.65.